The predicted octanol–water partition coefficient (Wildman–Crippen LogP) is 2.18. The van der Waals surface area contributed by atoms with E-state index < -0.39 is 73.4 Å². The van der Waals surface area contributed by atoms with Gasteiger partial charge < -0.3 is 18.6 Å². The zero-order valence-electron chi connectivity index (χ0n) is 21.7. The highest BCUT2D eigenvalue weighted by Gasteiger charge is 2.52. The Morgan fingerprint density at radius 1 is 1.27 bits per heavy atom. The summed E-state index contributed by atoms with van der Waals surface area (Å²) in [5.41, 5.74) is -2.01. The molecule has 22 heavy (non-hydrogen) atoms. The molecule has 116 valence electrons. The molecule has 3 rings (SSSR count). The minimum absolute atomic E-state index is 0.0674. The number of nitrogens with zero attached hydrogens (tertiary/aromatic N) is 2. The van der Waals surface area contributed by atoms with Crippen LogP contribution in [0.1, 0.15) is 40.0 Å². The summed E-state index contributed by atoms with van der Waals surface area (Å²) in [4.78, 5) is 4.00. The molecule has 1 aromatic heterocycles. The van der Waals surface area contributed by atoms with Crippen LogP contribution < -0.4 is 10.3 Å². The average Bonchev–Trinajstić information content (AvgIpc) is 3.02. The fraction of sp³-hybridized carbons (Fsp3) is 0.438. The van der Waals surface area contributed by atoms with E-state index in [0.29, 0.717) is 0 Å². The molecule has 0 N–H and O–H groups in total. The normalized spacial score (nSPS) is 25.8. The van der Waals surface area contributed by atoms with Gasteiger partial charge in [-0.2, -0.15) is 0 Å². The monoisotopic (exact) mass is 309 g/mol. The van der Waals surface area contributed by atoms with Crippen molar-refractivity contribution in [3.8, 4) is 11.4 Å². The van der Waals surface area contributed by atoms with Gasteiger partial charge in [-0.1, -0.05) is 6.04 Å². The molecule has 0 spiro atoms. The molecule has 0 bridgehead atoms. The molecule has 5 nitrogen and oxygen atoms in total. The Hall–Kier alpha value is -1.79. The van der Waals surface area contributed by atoms with Gasteiger partial charge in [-0.3, -0.25) is 0 Å². The highest BCUT2D eigenvalue weighted by molar-refractivity contribution is 6.61. The van der Waals surface area contributed by atoms with Crippen LogP contribution in [0.2, 0.25) is 0 Å². The second-order valence-electron chi connectivity index (χ2n) is 5.91. The Kier molecular flexibility index (Phi) is 1.79. The van der Waals surface area contributed by atoms with Crippen LogP contribution in [0.4, 0.5) is 0 Å². The summed E-state index contributed by atoms with van der Waals surface area (Å²) in [7, 11) is -4.09. The number of benzene rings is 1. The number of aromatic nitrogens is 2. The lowest BCUT2D eigenvalue weighted by atomic mass is 9.86. The van der Waals surface area contributed by atoms with Crippen LogP contribution in [0.3, 0.4) is 0 Å². The number of methoxy groups -OCH3 is 1. The fourth-order valence-corrected chi connectivity index (χ4v) is 1.91. The van der Waals surface area contributed by atoms with Gasteiger partial charge in [0.25, 0.3) is 0 Å². The second kappa shape index (κ2) is 5.14. The summed E-state index contributed by atoms with van der Waals surface area (Å²) in [6.45, 7) is 7.21. The molecule has 1 saturated heterocycles. The molecule has 6 heteroatoms. The minimum atomic E-state index is -3.00. The van der Waals surface area contributed by atoms with Gasteiger partial charge in [-0.05, 0) is 39.8 Å². The van der Waals surface area contributed by atoms with Crippen molar-refractivity contribution in [2.24, 2.45) is 0 Å². The topological polar surface area (TPSA) is 45.5 Å². The first-order valence-corrected chi connectivity index (χ1v) is 6.69. The van der Waals surface area contributed by atoms with Gasteiger partial charge in [0.05, 0.1) is 46.8 Å². The number of hydrogen-bond donors (Lipinski definition) is 0. The summed E-state index contributed by atoms with van der Waals surface area (Å²) < 4.78 is 88.0. The maximum Gasteiger partial charge on any atom is 0.516 e. The fourth-order valence-electron chi connectivity index (χ4n) is 1.91. The Labute approximate surface area is 144 Å². The third kappa shape index (κ3) is 2.53. The van der Waals surface area contributed by atoms with Crippen LogP contribution in [-0.4, -0.2) is 34.9 Å². The predicted molar refractivity (Wildman–Crippen MR) is 85.8 cm³/mol. The van der Waals surface area contributed by atoms with E-state index in [1.807, 2.05) is 0 Å². The Bertz CT molecular complexity index is 1040. The van der Waals surface area contributed by atoms with Crippen molar-refractivity contribution in [1.29, 1.82) is 0 Å². The number of ether oxygens (including phenoxy) is 1. The smallest absolute Gasteiger partial charge is 0.497 e. The number of rotatable bonds is 3. The number of imidazole rings is 1. The first-order valence-electron chi connectivity index (χ1n) is 11.2. The van der Waals surface area contributed by atoms with Gasteiger partial charge in [0.2, 0.25) is 0 Å². The molecule has 1 aromatic carbocycles. The highest BCUT2D eigenvalue weighted by Crippen LogP contribution is 2.36. The molecular weight excluding hydrogens is 279 g/mol. The molecule has 0 atom stereocenters. The van der Waals surface area contributed by atoms with Crippen molar-refractivity contribution >= 4 is 12.7 Å². The van der Waals surface area contributed by atoms with Crippen LogP contribution in [-0.2, 0) is 9.31 Å². The van der Waals surface area contributed by atoms with Gasteiger partial charge in [-0.25, -0.2) is 4.98 Å². The average molecular weight is 309 g/mol. The summed E-state index contributed by atoms with van der Waals surface area (Å²) in [6, 6.07) is -2.83. The maximum absolute atomic E-state index is 8.49. The van der Waals surface area contributed by atoms with Crippen molar-refractivity contribution < 1.29 is 26.4 Å². The molecule has 0 saturated carbocycles. The lowest BCUT2D eigenvalue weighted by Gasteiger charge is -2.32. The second-order valence-corrected chi connectivity index (χ2v) is 5.91. The highest BCUT2D eigenvalue weighted by atomic mass is 16.7. The van der Waals surface area contributed by atoms with Gasteiger partial charge in [-0.15, -0.1) is 0 Å². The molecule has 0 unspecified atom stereocenters. The Balaban J connectivity index is 2.20. The van der Waals surface area contributed by atoms with Crippen molar-refractivity contribution in [2.75, 3.05) is 7.04 Å². The van der Waals surface area contributed by atoms with Crippen LogP contribution in [0.25, 0.3) is 5.69 Å². The van der Waals surface area contributed by atoms with Crippen LogP contribution in [0.5, 0.6) is 5.75 Å². The molecule has 1 aliphatic heterocycles. The zero-order chi connectivity index (χ0) is 23.7. The summed E-state index contributed by atoms with van der Waals surface area (Å²) in [5.74, 6) is -0.749. The van der Waals surface area contributed by atoms with Gasteiger partial charge >= 0.3 is 7.12 Å². The molecule has 2 heterocycles. The SMILES string of the molecule is [2H]c1c([2H])c(OC([2H])([2H])[2H])c([2H])c(-n2c([2H])nc(B3OC(C)(C)C(C)(C)O3)c2[2H])c1[2H]. The third-order valence-corrected chi connectivity index (χ3v) is 3.89. The van der Waals surface area contributed by atoms with Gasteiger partial charge in [0.1, 0.15) is 7.12 Å². The summed E-state index contributed by atoms with van der Waals surface area (Å²) in [5, 5.41) is 0. The lowest BCUT2D eigenvalue weighted by Crippen LogP contribution is -2.41. The first-order chi connectivity index (χ1) is 14.0. The van der Waals surface area contributed by atoms with Gasteiger partial charge in [0.15, 0.2) is 0 Å². The number of hydrogen-bond acceptors (Lipinski definition) is 4. The third-order valence-electron chi connectivity index (χ3n) is 3.89. The van der Waals surface area contributed by atoms with Gasteiger partial charge in [0, 0.05) is 12.2 Å². The largest absolute Gasteiger partial charge is 0.516 e. The lowest BCUT2D eigenvalue weighted by molar-refractivity contribution is 0.00578. The summed E-state index contributed by atoms with van der Waals surface area (Å²) >= 11 is 0. The standard InChI is InChI=1S/C16H21BN2O3/c1-15(2)16(3,4)22-17(21-15)14-10-19(11-18-14)12-7-6-8-13(9-12)20-5/h6-11H,1-5H3/i5D3,6D,7D,8D,9D,10D,11D. The maximum atomic E-state index is 8.49. The van der Waals surface area contributed by atoms with Crippen LogP contribution >= 0.6 is 0 Å². The molecule has 0 aliphatic carbocycles. The van der Waals surface area contributed by atoms with E-state index in [2.05, 4.69) is 4.98 Å². The Morgan fingerprint density at radius 3 is 2.68 bits per heavy atom. The van der Waals surface area contributed by atoms with Crippen molar-refractivity contribution in [3.05, 3.63) is 36.6 Å². The van der Waals surface area contributed by atoms with Crippen LogP contribution in [0, 0.1) is 0 Å². The molecule has 0 amide bonds. The molecular formula is C16H21BN2O3. The first kappa shape index (κ1) is 7.66. The quantitative estimate of drug-likeness (QED) is 0.815. The zero-order valence-corrected chi connectivity index (χ0v) is 12.7. The molecule has 1 aliphatic rings. The van der Waals surface area contributed by atoms with Crippen molar-refractivity contribution in [1.82, 2.24) is 9.55 Å². The van der Waals surface area contributed by atoms with E-state index in [1.165, 1.54) is 0 Å². The minimum Gasteiger partial charge on any atom is -0.497 e. The Morgan fingerprint density at radius 2 is 2.00 bits per heavy atom. The van der Waals surface area contributed by atoms with E-state index in [9.17, 15) is 0 Å². The summed E-state index contributed by atoms with van der Waals surface area (Å²) in [6.07, 6.45) is -0.976. The van der Waals surface area contributed by atoms with E-state index in [-0.39, 0.29) is 5.59 Å². The van der Waals surface area contributed by atoms with E-state index >= 15 is 0 Å². The molecule has 0 radical (unpaired) electrons. The molecule has 2 aromatic rings. The van der Waals surface area contributed by atoms with Crippen molar-refractivity contribution in [2.45, 2.75) is 38.9 Å². The van der Waals surface area contributed by atoms with E-state index in [0.717, 1.165) is 4.57 Å². The van der Waals surface area contributed by atoms with Crippen molar-refractivity contribution in [3.63, 3.8) is 0 Å². The van der Waals surface area contributed by atoms with Crippen LogP contribution in [0.15, 0.2) is 36.6 Å². The van der Waals surface area contributed by atoms with E-state index in [4.69, 9.17) is 26.4 Å². The van der Waals surface area contributed by atoms with E-state index in [1.54, 1.807) is 27.7 Å². The molecule has 1 fully saturated rings.